The first-order valence-corrected chi connectivity index (χ1v) is 3.08. The molecule has 0 saturated carbocycles. The monoisotopic (exact) mass is 126 g/mol. The highest BCUT2D eigenvalue weighted by Gasteiger charge is 1.98. The lowest BCUT2D eigenvalue weighted by Crippen LogP contribution is -2.07. The second-order valence-corrected chi connectivity index (χ2v) is 2.06. The van der Waals surface area contributed by atoms with E-state index in [1.807, 2.05) is 13.1 Å². The van der Waals surface area contributed by atoms with E-state index in [1.165, 1.54) is 0 Å². The van der Waals surface area contributed by atoms with Gasteiger partial charge in [-0.15, -0.1) is 0 Å². The summed E-state index contributed by atoms with van der Waals surface area (Å²) in [6.07, 6.45) is 1.89. The first-order valence-electron chi connectivity index (χ1n) is 3.08. The van der Waals surface area contributed by atoms with E-state index in [0.717, 1.165) is 5.71 Å². The maximum absolute atomic E-state index is 4.03. The minimum atomic E-state index is 0.389. The molecule has 9 heavy (non-hydrogen) atoms. The molecule has 1 unspecified atom stereocenters. The molecule has 0 radical (unpaired) electrons. The Bertz CT molecular complexity index is 125. The van der Waals surface area contributed by atoms with Crippen molar-refractivity contribution in [2.24, 2.45) is 15.9 Å². The van der Waals surface area contributed by atoms with Crippen molar-refractivity contribution in [1.82, 2.24) is 0 Å². The largest absolute Gasteiger partial charge is 0.300 e. The van der Waals surface area contributed by atoms with Gasteiger partial charge >= 0.3 is 0 Å². The van der Waals surface area contributed by atoms with E-state index in [9.17, 15) is 0 Å². The van der Waals surface area contributed by atoms with Crippen LogP contribution in [0, 0.1) is 5.92 Å². The smallest absolute Gasteiger partial charge is 0.0287 e. The number of hydrogen-bond donors (Lipinski definition) is 0. The van der Waals surface area contributed by atoms with Crippen molar-refractivity contribution >= 4 is 11.9 Å². The van der Waals surface area contributed by atoms with E-state index >= 15 is 0 Å². The van der Waals surface area contributed by atoms with Gasteiger partial charge in [-0.05, 0) is 6.92 Å². The molecular formula is C7H14N2. The van der Waals surface area contributed by atoms with Crippen molar-refractivity contribution in [3.8, 4) is 0 Å². The summed E-state index contributed by atoms with van der Waals surface area (Å²) in [6, 6.07) is 0. The Morgan fingerprint density at radius 1 is 1.44 bits per heavy atom. The Morgan fingerprint density at radius 2 is 2.00 bits per heavy atom. The van der Waals surface area contributed by atoms with Crippen LogP contribution in [0.5, 0.6) is 0 Å². The van der Waals surface area contributed by atoms with E-state index in [2.05, 4.69) is 16.9 Å². The van der Waals surface area contributed by atoms with Crippen LogP contribution in [-0.4, -0.2) is 26.0 Å². The third-order valence-electron chi connectivity index (χ3n) is 1.38. The van der Waals surface area contributed by atoms with Crippen LogP contribution in [0.3, 0.4) is 0 Å². The maximum atomic E-state index is 4.03. The summed E-state index contributed by atoms with van der Waals surface area (Å²) in [7, 11) is 3.58. The number of nitrogens with zero attached hydrogens (tertiary/aromatic N) is 2. The predicted octanol–water partition coefficient (Wildman–Crippen LogP) is 1.41. The molecule has 0 amide bonds. The summed E-state index contributed by atoms with van der Waals surface area (Å²) in [5.74, 6) is 0.389. The van der Waals surface area contributed by atoms with E-state index in [4.69, 9.17) is 0 Å². The van der Waals surface area contributed by atoms with E-state index in [1.54, 1.807) is 14.1 Å². The van der Waals surface area contributed by atoms with Crippen molar-refractivity contribution < 1.29 is 0 Å². The molecule has 2 heteroatoms. The fraction of sp³-hybridized carbons (Fsp3) is 0.714. The highest BCUT2D eigenvalue weighted by Crippen LogP contribution is 1.93. The first-order chi connectivity index (χ1) is 4.22. The van der Waals surface area contributed by atoms with Gasteiger partial charge in [-0.25, -0.2) is 0 Å². The zero-order valence-corrected chi connectivity index (χ0v) is 6.55. The highest BCUT2D eigenvalue weighted by molar-refractivity contribution is 5.96. The molecule has 0 saturated heterocycles. The van der Waals surface area contributed by atoms with Crippen LogP contribution in [-0.2, 0) is 0 Å². The van der Waals surface area contributed by atoms with Gasteiger partial charge in [0.15, 0.2) is 0 Å². The Kier molecular flexibility index (Phi) is 3.93. The molecule has 0 heterocycles. The van der Waals surface area contributed by atoms with Gasteiger partial charge in [0.05, 0.1) is 0 Å². The number of rotatable bonds is 2. The Morgan fingerprint density at radius 3 is 2.33 bits per heavy atom. The highest BCUT2D eigenvalue weighted by atomic mass is 14.7. The number of aliphatic imine (C=N–C) groups is 2. The molecule has 0 N–H and O–H groups in total. The standard InChI is InChI=1S/C7H14N2/c1-6(5-8-3)7(2)9-4/h5-6H,1-4H3. The van der Waals surface area contributed by atoms with Crippen molar-refractivity contribution in [2.75, 3.05) is 14.1 Å². The molecule has 1 atom stereocenters. The average Bonchev–Trinajstić information content (AvgIpc) is 1.87. The minimum Gasteiger partial charge on any atom is -0.300 e. The van der Waals surface area contributed by atoms with Crippen molar-refractivity contribution in [1.29, 1.82) is 0 Å². The van der Waals surface area contributed by atoms with Crippen LogP contribution in [0.2, 0.25) is 0 Å². The summed E-state index contributed by atoms with van der Waals surface area (Å²) < 4.78 is 0. The molecule has 0 aliphatic heterocycles. The van der Waals surface area contributed by atoms with Gasteiger partial charge in [-0.1, -0.05) is 6.92 Å². The zero-order chi connectivity index (χ0) is 7.28. The quantitative estimate of drug-likeness (QED) is 0.500. The Labute approximate surface area is 56.7 Å². The third kappa shape index (κ3) is 3.01. The van der Waals surface area contributed by atoms with Crippen LogP contribution < -0.4 is 0 Å². The topological polar surface area (TPSA) is 24.7 Å². The van der Waals surface area contributed by atoms with Crippen LogP contribution in [0.25, 0.3) is 0 Å². The number of hydrogen-bond acceptors (Lipinski definition) is 2. The normalized spacial score (nSPS) is 16.7. The molecule has 52 valence electrons. The maximum Gasteiger partial charge on any atom is 0.0287 e. The van der Waals surface area contributed by atoms with Crippen molar-refractivity contribution in [2.45, 2.75) is 13.8 Å². The predicted molar refractivity (Wildman–Crippen MR) is 42.6 cm³/mol. The molecule has 0 aromatic carbocycles. The fourth-order valence-electron chi connectivity index (χ4n) is 0.535. The second-order valence-electron chi connectivity index (χ2n) is 2.06. The lowest BCUT2D eigenvalue weighted by atomic mass is 10.1. The molecule has 0 aliphatic carbocycles. The van der Waals surface area contributed by atoms with Gasteiger partial charge in [0.2, 0.25) is 0 Å². The Balaban J connectivity index is 3.88. The zero-order valence-electron chi connectivity index (χ0n) is 6.55. The summed E-state index contributed by atoms with van der Waals surface area (Å²) in [6.45, 7) is 4.08. The SMILES string of the molecule is CN=CC(C)C(C)=NC. The van der Waals surface area contributed by atoms with Gasteiger partial charge in [-0.2, -0.15) is 0 Å². The molecule has 2 nitrogen and oxygen atoms in total. The van der Waals surface area contributed by atoms with E-state index in [-0.39, 0.29) is 0 Å². The van der Waals surface area contributed by atoms with Crippen molar-refractivity contribution in [3.63, 3.8) is 0 Å². The molecule has 0 aromatic rings. The lowest BCUT2D eigenvalue weighted by molar-refractivity contribution is 1.06. The summed E-state index contributed by atoms with van der Waals surface area (Å²) >= 11 is 0. The molecule has 0 aliphatic rings. The van der Waals surface area contributed by atoms with Gasteiger partial charge < -0.3 is 4.99 Å². The van der Waals surface area contributed by atoms with Crippen LogP contribution in [0.15, 0.2) is 9.98 Å². The molecule has 0 fully saturated rings. The first kappa shape index (κ1) is 8.34. The van der Waals surface area contributed by atoms with Gasteiger partial charge in [-0.3, -0.25) is 4.99 Å². The minimum absolute atomic E-state index is 0.389. The molecule has 0 rings (SSSR count). The molecule has 0 bridgehead atoms. The van der Waals surface area contributed by atoms with E-state index < -0.39 is 0 Å². The third-order valence-corrected chi connectivity index (χ3v) is 1.38. The lowest BCUT2D eigenvalue weighted by Gasteiger charge is -2.01. The molecule has 0 aromatic heterocycles. The fourth-order valence-corrected chi connectivity index (χ4v) is 0.535. The van der Waals surface area contributed by atoms with Gasteiger partial charge in [0, 0.05) is 31.9 Å². The Hall–Kier alpha value is -0.660. The van der Waals surface area contributed by atoms with E-state index in [0.29, 0.717) is 5.92 Å². The van der Waals surface area contributed by atoms with Gasteiger partial charge in [0.1, 0.15) is 0 Å². The summed E-state index contributed by atoms with van der Waals surface area (Å²) in [5.41, 5.74) is 1.13. The summed E-state index contributed by atoms with van der Waals surface area (Å²) in [5, 5.41) is 0. The van der Waals surface area contributed by atoms with Crippen LogP contribution in [0.1, 0.15) is 13.8 Å². The molecular weight excluding hydrogens is 112 g/mol. The average molecular weight is 126 g/mol. The van der Waals surface area contributed by atoms with Gasteiger partial charge in [0.25, 0.3) is 0 Å². The van der Waals surface area contributed by atoms with Crippen molar-refractivity contribution in [3.05, 3.63) is 0 Å². The summed E-state index contributed by atoms with van der Waals surface area (Å²) in [4.78, 5) is 7.93. The van der Waals surface area contributed by atoms with Crippen LogP contribution in [0.4, 0.5) is 0 Å². The molecule has 0 spiro atoms. The van der Waals surface area contributed by atoms with Crippen LogP contribution >= 0.6 is 0 Å². The second kappa shape index (κ2) is 4.24.